The molecule has 1 aromatic rings. The summed E-state index contributed by atoms with van der Waals surface area (Å²) >= 11 is 0. The zero-order valence-electron chi connectivity index (χ0n) is 18.5. The lowest BCUT2D eigenvalue weighted by Crippen LogP contribution is -2.73. The van der Waals surface area contributed by atoms with Gasteiger partial charge in [-0.3, -0.25) is 4.79 Å². The molecule has 2 N–H and O–H groups in total. The molecular formula is C24H32O7. The van der Waals surface area contributed by atoms with Crippen LogP contribution in [-0.4, -0.2) is 58.3 Å². The van der Waals surface area contributed by atoms with Gasteiger partial charge in [-0.25, -0.2) is 4.79 Å². The molecule has 31 heavy (non-hydrogen) atoms. The van der Waals surface area contributed by atoms with E-state index in [2.05, 4.69) is 6.92 Å². The van der Waals surface area contributed by atoms with E-state index >= 15 is 0 Å². The fraction of sp³-hybridized carbons (Fsp3) is 0.667. The SMILES string of the molecule is CC(=O)O[C@H]1C(OC(=O)c2ccccc2)[C@H]2C[C@@]3(OC2(C)C)[C@@H](C)CC[C@@H](O)[C@]13CO. The molecule has 2 bridgehead atoms. The van der Waals surface area contributed by atoms with E-state index in [0.717, 1.165) is 6.42 Å². The van der Waals surface area contributed by atoms with Gasteiger partial charge in [0.25, 0.3) is 0 Å². The van der Waals surface area contributed by atoms with Crippen LogP contribution in [0.5, 0.6) is 0 Å². The summed E-state index contributed by atoms with van der Waals surface area (Å²) in [5, 5.41) is 22.0. The Morgan fingerprint density at radius 1 is 1.16 bits per heavy atom. The van der Waals surface area contributed by atoms with Crippen molar-refractivity contribution in [2.45, 2.75) is 76.5 Å². The fourth-order valence-electron chi connectivity index (χ4n) is 6.42. The van der Waals surface area contributed by atoms with Gasteiger partial charge < -0.3 is 24.4 Å². The molecule has 0 radical (unpaired) electrons. The Morgan fingerprint density at radius 2 is 1.84 bits per heavy atom. The van der Waals surface area contributed by atoms with Crippen LogP contribution in [0.15, 0.2) is 30.3 Å². The molecule has 1 heterocycles. The zero-order valence-corrected chi connectivity index (χ0v) is 18.5. The molecule has 7 atom stereocenters. The Bertz CT molecular complexity index is 853. The fourth-order valence-corrected chi connectivity index (χ4v) is 6.42. The van der Waals surface area contributed by atoms with E-state index in [1.807, 2.05) is 19.9 Å². The van der Waals surface area contributed by atoms with Crippen LogP contribution in [0.25, 0.3) is 0 Å². The van der Waals surface area contributed by atoms with E-state index in [0.29, 0.717) is 18.4 Å². The number of carbonyl (C=O) groups is 2. The summed E-state index contributed by atoms with van der Waals surface area (Å²) in [7, 11) is 0. The summed E-state index contributed by atoms with van der Waals surface area (Å²) in [6, 6.07) is 8.62. The highest BCUT2D eigenvalue weighted by Gasteiger charge is 2.77. The second kappa shape index (κ2) is 7.57. The number of rotatable bonds is 4. The number of carbonyl (C=O) groups excluding carboxylic acids is 2. The highest BCUT2D eigenvalue weighted by Crippen LogP contribution is 2.66. The number of aliphatic hydroxyl groups excluding tert-OH is 2. The van der Waals surface area contributed by atoms with Crippen LogP contribution < -0.4 is 0 Å². The van der Waals surface area contributed by atoms with Gasteiger partial charge in [-0.2, -0.15) is 0 Å². The van der Waals surface area contributed by atoms with Crippen LogP contribution in [0.3, 0.4) is 0 Å². The molecule has 0 amide bonds. The molecule has 1 saturated heterocycles. The predicted octanol–water partition coefficient (Wildman–Crippen LogP) is 2.48. The van der Waals surface area contributed by atoms with E-state index in [-0.39, 0.29) is 11.8 Å². The Hall–Kier alpha value is -1.96. The molecule has 170 valence electrons. The number of ether oxygens (including phenoxy) is 3. The Morgan fingerprint density at radius 3 is 2.45 bits per heavy atom. The Balaban J connectivity index is 1.84. The summed E-state index contributed by atoms with van der Waals surface area (Å²) in [6.07, 6.45) is -1.19. The van der Waals surface area contributed by atoms with Gasteiger partial charge in [0.2, 0.25) is 0 Å². The highest BCUT2D eigenvalue weighted by atomic mass is 16.6. The first-order chi connectivity index (χ1) is 14.6. The van der Waals surface area contributed by atoms with Crippen molar-refractivity contribution in [2.24, 2.45) is 17.3 Å². The summed E-state index contributed by atoms with van der Waals surface area (Å²) in [5.74, 6) is -1.34. The summed E-state index contributed by atoms with van der Waals surface area (Å²) in [4.78, 5) is 25.2. The predicted molar refractivity (Wildman–Crippen MR) is 111 cm³/mol. The number of aliphatic hydroxyl groups is 2. The van der Waals surface area contributed by atoms with Crippen LogP contribution >= 0.6 is 0 Å². The molecule has 1 unspecified atom stereocenters. The standard InChI is InChI=1S/C24H32O7/c1-14-10-11-18(27)23(13-25)20(29-15(2)26)19(17-12-24(14,23)31-22(17,3)4)30-21(28)16-8-6-5-7-9-16/h5-9,14,17-20,25,27H,10-13H2,1-4H3/t14-,17+,18+,19?,20-,23+,24+/m0/s1. The lowest BCUT2D eigenvalue weighted by Gasteiger charge is -2.61. The average Bonchev–Trinajstić information content (AvgIpc) is 2.98. The molecule has 0 aromatic heterocycles. The number of fused-ring (bicyclic) bond motifs is 1. The van der Waals surface area contributed by atoms with Gasteiger partial charge in [0.05, 0.1) is 34.9 Å². The molecule has 7 nitrogen and oxygen atoms in total. The lowest BCUT2D eigenvalue weighted by molar-refractivity contribution is -0.286. The Kier molecular flexibility index (Phi) is 5.43. The van der Waals surface area contributed by atoms with Gasteiger partial charge in [-0.05, 0) is 51.2 Å². The van der Waals surface area contributed by atoms with E-state index in [1.54, 1.807) is 24.3 Å². The maximum absolute atomic E-state index is 13.0. The molecule has 4 rings (SSSR count). The second-order valence-electron chi connectivity index (χ2n) is 9.86. The summed E-state index contributed by atoms with van der Waals surface area (Å²) < 4.78 is 18.4. The molecule has 7 heteroatoms. The maximum atomic E-state index is 13.0. The molecule has 1 aliphatic heterocycles. The van der Waals surface area contributed by atoms with Crippen molar-refractivity contribution in [2.75, 3.05) is 6.61 Å². The second-order valence-corrected chi connectivity index (χ2v) is 9.86. The number of hydrogen-bond donors (Lipinski definition) is 2. The number of hydrogen-bond acceptors (Lipinski definition) is 7. The van der Waals surface area contributed by atoms with E-state index < -0.39 is 53.5 Å². The Labute approximate surface area is 182 Å². The van der Waals surface area contributed by atoms with Crippen molar-refractivity contribution in [3.05, 3.63) is 35.9 Å². The van der Waals surface area contributed by atoms with Gasteiger partial charge in [0.15, 0.2) is 6.10 Å². The molecule has 1 spiro atoms. The average molecular weight is 433 g/mol. The minimum atomic E-state index is -1.29. The maximum Gasteiger partial charge on any atom is 0.338 e. The van der Waals surface area contributed by atoms with Gasteiger partial charge in [0.1, 0.15) is 6.10 Å². The smallest absolute Gasteiger partial charge is 0.338 e. The lowest BCUT2D eigenvalue weighted by atomic mass is 9.49. The van der Waals surface area contributed by atoms with Crippen LogP contribution in [0.1, 0.15) is 57.3 Å². The third kappa shape index (κ3) is 3.12. The van der Waals surface area contributed by atoms with Gasteiger partial charge in [-0.1, -0.05) is 25.1 Å². The molecule has 2 saturated carbocycles. The van der Waals surface area contributed by atoms with Crippen molar-refractivity contribution in [3.8, 4) is 0 Å². The number of benzene rings is 1. The quantitative estimate of drug-likeness (QED) is 0.705. The summed E-state index contributed by atoms with van der Waals surface area (Å²) in [6.45, 7) is 6.76. The molecular weight excluding hydrogens is 400 g/mol. The monoisotopic (exact) mass is 432 g/mol. The van der Waals surface area contributed by atoms with Crippen LogP contribution in [0.4, 0.5) is 0 Å². The van der Waals surface area contributed by atoms with E-state index in [9.17, 15) is 19.8 Å². The minimum Gasteiger partial charge on any atom is -0.458 e. The highest BCUT2D eigenvalue weighted by molar-refractivity contribution is 5.89. The molecule has 2 aliphatic carbocycles. The molecule has 3 fully saturated rings. The van der Waals surface area contributed by atoms with Gasteiger partial charge >= 0.3 is 11.9 Å². The van der Waals surface area contributed by atoms with Crippen LogP contribution in [0, 0.1) is 17.3 Å². The first kappa shape index (κ1) is 22.2. The minimum absolute atomic E-state index is 0.0242. The van der Waals surface area contributed by atoms with Crippen molar-refractivity contribution >= 4 is 11.9 Å². The van der Waals surface area contributed by atoms with Gasteiger partial charge in [-0.15, -0.1) is 0 Å². The van der Waals surface area contributed by atoms with Crippen LogP contribution in [-0.2, 0) is 19.0 Å². The van der Waals surface area contributed by atoms with Gasteiger partial charge in [0, 0.05) is 12.8 Å². The third-order valence-corrected chi connectivity index (χ3v) is 7.92. The van der Waals surface area contributed by atoms with E-state index in [1.165, 1.54) is 6.92 Å². The number of esters is 2. The largest absolute Gasteiger partial charge is 0.458 e. The van der Waals surface area contributed by atoms with E-state index in [4.69, 9.17) is 14.2 Å². The third-order valence-electron chi connectivity index (χ3n) is 7.92. The topological polar surface area (TPSA) is 102 Å². The zero-order chi connectivity index (χ0) is 22.6. The first-order valence-corrected chi connectivity index (χ1v) is 11.0. The first-order valence-electron chi connectivity index (χ1n) is 11.0. The van der Waals surface area contributed by atoms with Crippen molar-refractivity contribution in [3.63, 3.8) is 0 Å². The summed E-state index contributed by atoms with van der Waals surface area (Å²) in [5.41, 5.74) is -2.50. The van der Waals surface area contributed by atoms with Crippen molar-refractivity contribution in [1.82, 2.24) is 0 Å². The van der Waals surface area contributed by atoms with Crippen molar-refractivity contribution < 1.29 is 34.0 Å². The molecule has 1 aromatic carbocycles. The normalized spacial score (nSPS) is 40.6. The van der Waals surface area contributed by atoms with Crippen molar-refractivity contribution in [1.29, 1.82) is 0 Å². The molecule has 3 aliphatic rings. The van der Waals surface area contributed by atoms with Crippen LogP contribution in [0.2, 0.25) is 0 Å².